The number of benzene rings is 1. The molecule has 1 aliphatic heterocycles. The maximum atomic E-state index is 12.2. The number of thiophene rings is 1. The van der Waals surface area contributed by atoms with Gasteiger partial charge in [-0.3, -0.25) is 4.79 Å². The predicted octanol–water partition coefficient (Wildman–Crippen LogP) is 4.58. The van der Waals surface area contributed by atoms with Crippen molar-refractivity contribution in [2.45, 2.75) is 25.7 Å². The maximum Gasteiger partial charge on any atom is 0.573 e. The van der Waals surface area contributed by atoms with Crippen LogP contribution >= 0.6 is 11.3 Å². The molecule has 4 nitrogen and oxygen atoms in total. The molecule has 1 aromatic carbocycles. The van der Waals surface area contributed by atoms with E-state index in [0.29, 0.717) is 0 Å². The Hall–Kier alpha value is -2.48. The Balaban J connectivity index is 1.62. The van der Waals surface area contributed by atoms with Gasteiger partial charge in [-0.2, -0.15) is 0 Å². The van der Waals surface area contributed by atoms with Crippen molar-refractivity contribution >= 4 is 22.2 Å². The number of carbonyl (C=O) groups excluding carboxylic acids is 1. The second kappa shape index (κ2) is 8.04. The summed E-state index contributed by atoms with van der Waals surface area (Å²) in [5.74, 6) is -0.320. The Kier molecular flexibility index (Phi) is 5.74. The molecule has 1 fully saturated rings. The lowest BCUT2D eigenvalue weighted by molar-refractivity contribution is -0.274. The largest absolute Gasteiger partial charge is 0.573 e. The van der Waals surface area contributed by atoms with Gasteiger partial charge in [0.2, 0.25) is 5.91 Å². The molecule has 2 heterocycles. The fraction of sp³-hybridized carbons (Fsp3) is 0.316. The van der Waals surface area contributed by atoms with Crippen LogP contribution in [-0.2, 0) is 4.79 Å². The Morgan fingerprint density at radius 3 is 2.67 bits per heavy atom. The Morgan fingerprint density at radius 2 is 2.00 bits per heavy atom. The van der Waals surface area contributed by atoms with Gasteiger partial charge in [0.15, 0.2) is 0 Å². The molecule has 144 valence electrons. The number of amides is 1. The lowest BCUT2D eigenvalue weighted by Gasteiger charge is -2.16. The Morgan fingerprint density at radius 1 is 1.26 bits per heavy atom. The van der Waals surface area contributed by atoms with Crippen molar-refractivity contribution in [1.82, 2.24) is 5.32 Å². The molecule has 1 N–H and O–H groups in total. The third kappa shape index (κ3) is 5.26. The first-order valence-corrected chi connectivity index (χ1v) is 9.30. The number of allylic oxidation sites excluding steroid dienone is 1. The van der Waals surface area contributed by atoms with E-state index in [0.717, 1.165) is 35.0 Å². The van der Waals surface area contributed by atoms with E-state index in [-0.39, 0.29) is 17.7 Å². The SMILES string of the molecule is CC=CC(=O)NC1CCN(c2ccc(-c3ccc(OC(F)(F)F)cc3)s2)C1. The van der Waals surface area contributed by atoms with Crippen molar-refractivity contribution in [2.75, 3.05) is 18.0 Å². The first-order valence-electron chi connectivity index (χ1n) is 8.48. The molecule has 27 heavy (non-hydrogen) atoms. The minimum atomic E-state index is -4.69. The van der Waals surface area contributed by atoms with E-state index in [1.165, 1.54) is 18.2 Å². The molecule has 2 aromatic rings. The second-order valence-electron chi connectivity index (χ2n) is 6.15. The summed E-state index contributed by atoms with van der Waals surface area (Å²) in [5, 5.41) is 4.05. The van der Waals surface area contributed by atoms with Crippen LogP contribution in [-0.4, -0.2) is 31.4 Å². The highest BCUT2D eigenvalue weighted by atomic mass is 32.1. The van der Waals surface area contributed by atoms with Crippen LogP contribution in [0.4, 0.5) is 18.2 Å². The van der Waals surface area contributed by atoms with Crippen molar-refractivity contribution in [1.29, 1.82) is 0 Å². The van der Waals surface area contributed by atoms with Crippen molar-refractivity contribution in [3.63, 3.8) is 0 Å². The number of hydrogen-bond acceptors (Lipinski definition) is 4. The summed E-state index contributed by atoms with van der Waals surface area (Å²) in [6, 6.07) is 9.90. The highest BCUT2D eigenvalue weighted by molar-refractivity contribution is 7.19. The molecule has 0 saturated carbocycles. The third-order valence-electron chi connectivity index (χ3n) is 4.13. The molecule has 0 aliphatic carbocycles. The molecule has 0 bridgehead atoms. The number of hydrogen-bond donors (Lipinski definition) is 1. The monoisotopic (exact) mass is 396 g/mol. The maximum absolute atomic E-state index is 12.2. The standard InChI is InChI=1S/C19H19F3N2O2S/c1-2-3-17(25)23-14-10-11-24(12-14)18-9-8-16(27-18)13-4-6-15(7-5-13)26-19(20,21)22/h2-9,14H,10-12H2,1H3,(H,23,25). The third-order valence-corrected chi connectivity index (χ3v) is 5.32. The van der Waals surface area contributed by atoms with Crippen LogP contribution in [0.2, 0.25) is 0 Å². The zero-order valence-corrected chi connectivity index (χ0v) is 15.4. The van der Waals surface area contributed by atoms with Crippen LogP contribution < -0.4 is 15.0 Å². The number of alkyl halides is 3. The van der Waals surface area contributed by atoms with E-state index < -0.39 is 6.36 Å². The van der Waals surface area contributed by atoms with E-state index >= 15 is 0 Å². The van der Waals surface area contributed by atoms with Gasteiger partial charge in [0.05, 0.1) is 5.00 Å². The fourth-order valence-corrected chi connectivity index (χ4v) is 4.00. The molecule has 1 unspecified atom stereocenters. The van der Waals surface area contributed by atoms with Gasteiger partial charge in [-0.1, -0.05) is 6.08 Å². The van der Waals surface area contributed by atoms with Crippen LogP contribution in [0.15, 0.2) is 48.6 Å². The summed E-state index contributed by atoms with van der Waals surface area (Å²) in [6.07, 6.45) is -0.594. The highest BCUT2D eigenvalue weighted by Crippen LogP contribution is 2.36. The number of nitrogens with one attached hydrogen (secondary N) is 1. The van der Waals surface area contributed by atoms with Gasteiger partial charge in [-0.25, -0.2) is 0 Å². The molecular formula is C19H19F3N2O2S. The van der Waals surface area contributed by atoms with Gasteiger partial charge in [0.1, 0.15) is 5.75 Å². The fourth-order valence-electron chi connectivity index (χ4n) is 2.95. The van der Waals surface area contributed by atoms with E-state index in [1.807, 2.05) is 12.1 Å². The lowest BCUT2D eigenvalue weighted by Crippen LogP contribution is -2.35. The topological polar surface area (TPSA) is 41.6 Å². The number of ether oxygens (including phenoxy) is 1. The summed E-state index contributed by atoms with van der Waals surface area (Å²) in [6.45, 7) is 3.39. The average Bonchev–Trinajstić information content (AvgIpc) is 3.23. The smallest absolute Gasteiger partial charge is 0.406 e. The van der Waals surface area contributed by atoms with Crippen LogP contribution in [0.3, 0.4) is 0 Å². The number of halogens is 3. The molecule has 1 aromatic heterocycles. The minimum absolute atomic E-state index is 0.0858. The van der Waals surface area contributed by atoms with Crippen LogP contribution in [0.5, 0.6) is 5.75 Å². The van der Waals surface area contributed by atoms with Crippen LogP contribution in [0.25, 0.3) is 10.4 Å². The van der Waals surface area contributed by atoms with E-state index in [4.69, 9.17) is 0 Å². The van der Waals surface area contributed by atoms with Gasteiger partial charge in [-0.15, -0.1) is 24.5 Å². The van der Waals surface area contributed by atoms with E-state index in [1.54, 1.807) is 36.5 Å². The molecule has 1 atom stereocenters. The first kappa shape index (κ1) is 19.3. The quantitative estimate of drug-likeness (QED) is 0.752. The van der Waals surface area contributed by atoms with E-state index in [2.05, 4.69) is 15.0 Å². The number of anilines is 1. The predicted molar refractivity (Wildman–Crippen MR) is 100 cm³/mol. The van der Waals surface area contributed by atoms with Gasteiger partial charge in [-0.05, 0) is 61.4 Å². The normalized spacial score (nSPS) is 17.5. The van der Waals surface area contributed by atoms with Crippen molar-refractivity contribution < 1.29 is 22.7 Å². The molecule has 1 saturated heterocycles. The van der Waals surface area contributed by atoms with Crippen LogP contribution in [0.1, 0.15) is 13.3 Å². The molecule has 0 spiro atoms. The summed E-state index contributed by atoms with van der Waals surface area (Å²) < 4.78 is 40.6. The van der Waals surface area contributed by atoms with Gasteiger partial charge in [0, 0.05) is 24.0 Å². The molecule has 0 radical (unpaired) electrons. The van der Waals surface area contributed by atoms with Crippen molar-refractivity contribution in [3.05, 3.63) is 48.6 Å². The van der Waals surface area contributed by atoms with Gasteiger partial charge in [0.25, 0.3) is 0 Å². The molecule has 1 amide bonds. The summed E-state index contributed by atoms with van der Waals surface area (Å²) in [4.78, 5) is 14.8. The first-order chi connectivity index (χ1) is 12.8. The minimum Gasteiger partial charge on any atom is -0.406 e. The Labute approximate surface area is 159 Å². The average molecular weight is 396 g/mol. The molecule has 3 rings (SSSR count). The van der Waals surface area contributed by atoms with Crippen molar-refractivity contribution in [2.24, 2.45) is 0 Å². The molecule has 8 heteroatoms. The number of nitrogens with zero attached hydrogens (tertiary/aromatic N) is 1. The van der Waals surface area contributed by atoms with E-state index in [9.17, 15) is 18.0 Å². The summed E-state index contributed by atoms with van der Waals surface area (Å²) >= 11 is 1.57. The lowest BCUT2D eigenvalue weighted by atomic mass is 10.2. The molecule has 1 aliphatic rings. The summed E-state index contributed by atoms with van der Waals surface area (Å²) in [5.41, 5.74) is 0.831. The Bertz CT molecular complexity index is 815. The zero-order valence-electron chi connectivity index (χ0n) is 14.6. The number of rotatable bonds is 5. The number of carbonyl (C=O) groups is 1. The van der Waals surface area contributed by atoms with Gasteiger partial charge >= 0.3 is 6.36 Å². The van der Waals surface area contributed by atoms with Crippen LogP contribution in [0, 0.1) is 0 Å². The second-order valence-corrected chi connectivity index (χ2v) is 7.21. The zero-order chi connectivity index (χ0) is 19.4. The van der Waals surface area contributed by atoms with Crippen molar-refractivity contribution in [3.8, 4) is 16.2 Å². The van der Waals surface area contributed by atoms with Gasteiger partial charge < -0.3 is 15.0 Å². The highest BCUT2D eigenvalue weighted by Gasteiger charge is 2.31. The molecular weight excluding hydrogens is 377 g/mol. The summed E-state index contributed by atoms with van der Waals surface area (Å²) in [7, 11) is 0.